The molecule has 4 atom stereocenters. The molecule has 5 amide bonds. The molecule has 50 heavy (non-hydrogen) atoms. The molecule has 2 aliphatic heterocycles. The van der Waals surface area contributed by atoms with E-state index in [9.17, 15) is 24.0 Å². The van der Waals surface area contributed by atoms with Crippen LogP contribution in [0, 0.1) is 0 Å². The molecule has 5 N–H and O–H groups in total. The zero-order valence-corrected chi connectivity index (χ0v) is 28.8. The molecule has 14 heteroatoms. The Balaban J connectivity index is 1.11. The van der Waals surface area contributed by atoms with Crippen molar-refractivity contribution in [2.24, 2.45) is 0 Å². The number of nitrogens with zero attached hydrogens (tertiary/aromatic N) is 2. The molecule has 0 saturated carbocycles. The molecule has 2 aromatic heterocycles. The Morgan fingerprint density at radius 1 is 0.960 bits per heavy atom. The minimum Gasteiger partial charge on any atom is -0.361 e. The smallest absolute Gasteiger partial charge is 0.318 e. The molecule has 6 rings (SSSR count). The number of hydrogen-bond acceptors (Lipinski definition) is 8. The van der Waals surface area contributed by atoms with E-state index in [4.69, 9.17) is 4.74 Å². The second-order valence-electron chi connectivity index (χ2n) is 13.0. The summed E-state index contributed by atoms with van der Waals surface area (Å²) in [7, 11) is 0. The van der Waals surface area contributed by atoms with Crippen LogP contribution in [0.4, 0.5) is 4.79 Å². The summed E-state index contributed by atoms with van der Waals surface area (Å²) in [5, 5.41) is 14.5. The number of nitrogens with one attached hydrogen (secondary N) is 5. The van der Waals surface area contributed by atoms with E-state index in [1.54, 1.807) is 36.5 Å². The highest BCUT2D eigenvalue weighted by Gasteiger charge is 2.50. The molecule has 0 spiro atoms. The number of benzene rings is 2. The molecule has 2 aliphatic rings. The zero-order valence-electron chi connectivity index (χ0n) is 27.9. The number of ether oxygens (including phenoxy) is 1. The number of carbonyl (C=O) groups is 5. The Kier molecular flexibility index (Phi) is 10.6. The summed E-state index contributed by atoms with van der Waals surface area (Å²) in [5.74, 6) is -1.54. The topological polar surface area (TPSA) is 178 Å². The lowest BCUT2D eigenvalue weighted by molar-refractivity contribution is -0.133. The molecule has 2 saturated heterocycles. The van der Waals surface area contributed by atoms with Crippen molar-refractivity contribution in [3.8, 4) is 0 Å². The van der Waals surface area contributed by atoms with Gasteiger partial charge in [0.2, 0.25) is 11.8 Å². The second-order valence-corrected chi connectivity index (χ2v) is 13.9. The van der Waals surface area contributed by atoms with Gasteiger partial charge in [-0.1, -0.05) is 48.5 Å². The monoisotopic (exact) mass is 699 g/mol. The molecule has 0 radical (unpaired) electrons. The summed E-state index contributed by atoms with van der Waals surface area (Å²) >= 11 is 1.27. The van der Waals surface area contributed by atoms with Gasteiger partial charge in [-0.05, 0) is 50.3 Å². The van der Waals surface area contributed by atoms with Crippen LogP contribution in [0.2, 0.25) is 0 Å². The largest absolute Gasteiger partial charge is 0.361 e. The number of thiazole rings is 1. The molecule has 4 heterocycles. The van der Waals surface area contributed by atoms with Gasteiger partial charge in [-0.25, -0.2) is 9.78 Å². The summed E-state index contributed by atoms with van der Waals surface area (Å²) in [4.78, 5) is 75.5. The number of ketones is 1. The fourth-order valence-corrected chi connectivity index (χ4v) is 6.67. The fraction of sp³-hybridized carbons (Fsp3) is 0.389. The second kappa shape index (κ2) is 15.2. The van der Waals surface area contributed by atoms with Crippen LogP contribution in [0.5, 0.6) is 0 Å². The molecule has 0 aliphatic carbocycles. The van der Waals surface area contributed by atoms with Crippen LogP contribution in [0.15, 0.2) is 72.4 Å². The van der Waals surface area contributed by atoms with Crippen LogP contribution >= 0.6 is 11.3 Å². The van der Waals surface area contributed by atoms with E-state index in [-0.39, 0.29) is 37.2 Å². The van der Waals surface area contributed by atoms with Gasteiger partial charge in [0, 0.05) is 54.2 Å². The van der Waals surface area contributed by atoms with E-state index in [2.05, 4.69) is 31.2 Å². The molecule has 2 aromatic carbocycles. The van der Waals surface area contributed by atoms with Gasteiger partial charge < -0.3 is 35.9 Å². The number of carbonyl (C=O) groups excluding carboxylic acids is 5. The first-order valence-electron chi connectivity index (χ1n) is 16.7. The van der Waals surface area contributed by atoms with Crippen molar-refractivity contribution in [2.75, 3.05) is 19.7 Å². The minimum absolute atomic E-state index is 0.0911. The zero-order chi connectivity index (χ0) is 35.3. The van der Waals surface area contributed by atoms with Crippen LogP contribution in [0.25, 0.3) is 10.9 Å². The average Bonchev–Trinajstić information content (AvgIpc) is 3.46. The maximum Gasteiger partial charge on any atom is 0.318 e. The highest BCUT2D eigenvalue weighted by molar-refractivity contribution is 7.11. The number of Topliss-reactive ketones (excluding diaryl/α,β-unsaturated/α-hetero) is 1. The Bertz CT molecular complexity index is 1830. The number of para-hydroxylation sites is 1. The summed E-state index contributed by atoms with van der Waals surface area (Å²) in [6.45, 7) is 4.33. The number of hydrogen-bond donors (Lipinski definition) is 5. The number of fused-ring (bicyclic) bond motifs is 1. The number of piperidine rings is 1. The van der Waals surface area contributed by atoms with Crippen molar-refractivity contribution in [3.05, 3.63) is 88.5 Å². The molecule has 13 nitrogen and oxygen atoms in total. The SMILES string of the molecule is C[C@@H](NC(=O)N1CCC(NC(=O)c2nccs2)CC1)C(=O)N[C@@H](Cc1c[nH]c2ccccc12)C(=O)N[C@@H](Cc1ccccc1)C(=O)[C@@]1(C)CO1. The lowest BCUT2D eigenvalue weighted by Gasteiger charge is -2.33. The number of amides is 5. The number of rotatable bonds is 13. The van der Waals surface area contributed by atoms with E-state index < -0.39 is 41.6 Å². The number of likely N-dealkylation sites (tertiary alicyclic amines) is 1. The number of aromatic amines is 1. The van der Waals surface area contributed by atoms with Crippen LogP contribution in [-0.2, 0) is 32.0 Å². The van der Waals surface area contributed by atoms with E-state index in [0.717, 1.165) is 22.0 Å². The third kappa shape index (κ3) is 8.37. The molecule has 262 valence electrons. The quantitative estimate of drug-likeness (QED) is 0.133. The average molecular weight is 700 g/mol. The van der Waals surface area contributed by atoms with E-state index in [0.29, 0.717) is 30.9 Å². The highest BCUT2D eigenvalue weighted by atomic mass is 32.1. The third-order valence-corrected chi connectivity index (χ3v) is 10.00. The Labute approximate surface area is 293 Å². The Morgan fingerprint density at radius 3 is 2.36 bits per heavy atom. The first-order valence-corrected chi connectivity index (χ1v) is 17.6. The van der Waals surface area contributed by atoms with Gasteiger partial charge in [0.25, 0.3) is 5.91 Å². The number of urea groups is 1. The minimum atomic E-state index is -1.06. The van der Waals surface area contributed by atoms with Gasteiger partial charge in [0.1, 0.15) is 17.7 Å². The number of aromatic nitrogens is 2. The van der Waals surface area contributed by atoms with Crippen molar-refractivity contribution in [1.29, 1.82) is 0 Å². The molecule has 4 aromatic rings. The number of H-pyrrole nitrogens is 1. The van der Waals surface area contributed by atoms with E-state index >= 15 is 0 Å². The van der Waals surface area contributed by atoms with Crippen LogP contribution in [0.1, 0.15) is 47.6 Å². The summed E-state index contributed by atoms with van der Waals surface area (Å²) in [6, 6.07) is 13.6. The summed E-state index contributed by atoms with van der Waals surface area (Å²) in [6.07, 6.45) is 4.90. The van der Waals surface area contributed by atoms with Gasteiger partial charge in [0.05, 0.1) is 12.6 Å². The van der Waals surface area contributed by atoms with Crippen molar-refractivity contribution in [3.63, 3.8) is 0 Å². The third-order valence-electron chi connectivity index (χ3n) is 9.22. The van der Waals surface area contributed by atoms with Gasteiger partial charge in [-0.3, -0.25) is 19.2 Å². The van der Waals surface area contributed by atoms with Crippen molar-refractivity contribution >= 4 is 51.8 Å². The van der Waals surface area contributed by atoms with Crippen molar-refractivity contribution < 1.29 is 28.7 Å². The van der Waals surface area contributed by atoms with Gasteiger partial charge >= 0.3 is 6.03 Å². The maximum absolute atomic E-state index is 14.0. The van der Waals surface area contributed by atoms with Gasteiger partial charge in [-0.2, -0.15) is 0 Å². The summed E-state index contributed by atoms with van der Waals surface area (Å²) < 4.78 is 5.43. The lowest BCUT2D eigenvalue weighted by atomic mass is 9.94. The predicted octanol–water partition coefficient (Wildman–Crippen LogP) is 2.73. The van der Waals surface area contributed by atoms with Crippen molar-refractivity contribution in [1.82, 2.24) is 36.1 Å². The van der Waals surface area contributed by atoms with Crippen LogP contribution in [0.3, 0.4) is 0 Å². The van der Waals surface area contributed by atoms with Crippen molar-refractivity contribution in [2.45, 2.75) is 69.3 Å². The van der Waals surface area contributed by atoms with Gasteiger partial charge in [0.15, 0.2) is 10.8 Å². The molecule has 0 unspecified atom stereocenters. The molecule has 2 fully saturated rings. The van der Waals surface area contributed by atoms with Crippen LogP contribution in [-0.4, -0.2) is 93.9 Å². The van der Waals surface area contributed by atoms with Gasteiger partial charge in [-0.15, -0.1) is 11.3 Å². The molecular formula is C36H41N7O6S. The summed E-state index contributed by atoms with van der Waals surface area (Å²) in [5.41, 5.74) is 1.60. The van der Waals surface area contributed by atoms with Crippen LogP contribution < -0.4 is 21.3 Å². The number of epoxide rings is 1. The Hall–Kier alpha value is -5.08. The lowest BCUT2D eigenvalue weighted by Crippen LogP contribution is -2.58. The standard InChI is InChI=1S/C36H41N7O6S/c1-22(39-35(48)43-15-12-25(13-16-43)40-33(47)34-37-14-17-50-34)31(45)42-29(19-24-20-38-27-11-7-6-10-26(24)27)32(46)41-28(30(44)36(2)21-49-36)18-23-8-4-3-5-9-23/h3-11,14,17,20,22,25,28-29,38H,12-13,15-16,18-19,21H2,1-2H3,(H,39,48)(H,40,47)(H,41,46)(H,42,45)/t22-,28+,29+,36-/m1/s1. The molecular weight excluding hydrogens is 659 g/mol. The molecule has 0 bridgehead atoms. The normalized spacial score (nSPS) is 19.2. The predicted molar refractivity (Wildman–Crippen MR) is 188 cm³/mol. The first-order chi connectivity index (χ1) is 24.1. The van der Waals surface area contributed by atoms with E-state index in [1.807, 2.05) is 54.6 Å². The maximum atomic E-state index is 14.0. The Morgan fingerprint density at radius 2 is 1.66 bits per heavy atom. The van der Waals surface area contributed by atoms with E-state index in [1.165, 1.54) is 11.3 Å². The highest BCUT2D eigenvalue weighted by Crippen LogP contribution is 2.29. The first kappa shape index (κ1) is 34.8. The fourth-order valence-electron chi connectivity index (χ4n) is 6.13.